The molecule has 1 fully saturated rings. The van der Waals surface area contributed by atoms with Crippen LogP contribution in [0.5, 0.6) is 0 Å². The minimum Gasteiger partial charge on any atom is -0.365 e. The number of hydrogen-bond acceptors (Lipinski definition) is 5. The molecule has 3 heterocycles. The van der Waals surface area contributed by atoms with Crippen LogP contribution in [-0.2, 0) is 6.54 Å². The van der Waals surface area contributed by atoms with Crippen LogP contribution >= 0.6 is 11.3 Å². The van der Waals surface area contributed by atoms with E-state index in [2.05, 4.69) is 19.9 Å². The Morgan fingerprint density at radius 3 is 2.96 bits per heavy atom. The third kappa shape index (κ3) is 3.39. The molecule has 1 N–H and O–H groups in total. The molecule has 0 unspecified atom stereocenters. The fourth-order valence-electron chi connectivity index (χ4n) is 3.12. The maximum atomic E-state index is 12.8. The zero-order valence-corrected chi connectivity index (χ0v) is 14.7. The van der Waals surface area contributed by atoms with Gasteiger partial charge in [0.15, 0.2) is 5.13 Å². The molecule has 0 radical (unpaired) electrons. The lowest BCUT2D eigenvalue weighted by molar-refractivity contribution is 0.0666. The van der Waals surface area contributed by atoms with E-state index in [0.29, 0.717) is 5.92 Å². The maximum Gasteiger partial charge on any atom is 0.265 e. The molecule has 1 aliphatic rings. The molecule has 1 aliphatic heterocycles. The van der Waals surface area contributed by atoms with E-state index < -0.39 is 0 Å². The summed E-state index contributed by atoms with van der Waals surface area (Å²) in [6, 6.07) is 0. The van der Waals surface area contributed by atoms with Gasteiger partial charge >= 0.3 is 0 Å². The maximum absolute atomic E-state index is 12.8. The lowest BCUT2D eigenvalue weighted by Crippen LogP contribution is -2.41. The fourth-order valence-corrected chi connectivity index (χ4v) is 4.01. The van der Waals surface area contributed by atoms with E-state index in [-0.39, 0.29) is 5.91 Å². The molecule has 0 bridgehead atoms. The van der Waals surface area contributed by atoms with Crippen molar-refractivity contribution < 1.29 is 4.79 Å². The van der Waals surface area contributed by atoms with Crippen molar-refractivity contribution >= 4 is 22.4 Å². The average Bonchev–Trinajstić information content (AvgIpc) is 3.13. The van der Waals surface area contributed by atoms with Gasteiger partial charge in [0, 0.05) is 39.1 Å². The number of amides is 1. The molecule has 3 rings (SSSR count). The van der Waals surface area contributed by atoms with Gasteiger partial charge in [0.25, 0.3) is 5.91 Å². The van der Waals surface area contributed by atoms with Crippen molar-refractivity contribution in [2.24, 2.45) is 5.92 Å². The van der Waals surface area contributed by atoms with Crippen molar-refractivity contribution in [2.75, 3.05) is 25.5 Å². The van der Waals surface area contributed by atoms with Crippen LogP contribution in [0.2, 0.25) is 0 Å². The zero-order chi connectivity index (χ0) is 16.4. The number of aryl methyl sites for hydroxylation is 2. The van der Waals surface area contributed by atoms with Crippen LogP contribution in [0.15, 0.2) is 12.4 Å². The Morgan fingerprint density at radius 2 is 2.30 bits per heavy atom. The molecule has 23 heavy (non-hydrogen) atoms. The molecule has 0 aliphatic carbocycles. The summed E-state index contributed by atoms with van der Waals surface area (Å²) in [5.74, 6) is 1.64. The number of likely N-dealkylation sites (tertiary alicyclic amines) is 1. The first kappa shape index (κ1) is 16.0. The number of imidazole rings is 1. The smallest absolute Gasteiger partial charge is 0.265 e. The van der Waals surface area contributed by atoms with Crippen LogP contribution in [0.1, 0.15) is 34.0 Å². The van der Waals surface area contributed by atoms with E-state index in [1.165, 1.54) is 11.3 Å². The topological polar surface area (TPSA) is 63.1 Å². The summed E-state index contributed by atoms with van der Waals surface area (Å²) in [5.41, 5.74) is 0.817. The van der Waals surface area contributed by atoms with Crippen LogP contribution < -0.4 is 5.32 Å². The monoisotopic (exact) mass is 333 g/mol. The van der Waals surface area contributed by atoms with Gasteiger partial charge < -0.3 is 14.8 Å². The Labute approximate surface area is 140 Å². The summed E-state index contributed by atoms with van der Waals surface area (Å²) in [7, 11) is 1.83. The largest absolute Gasteiger partial charge is 0.365 e. The van der Waals surface area contributed by atoms with Crippen molar-refractivity contribution in [1.82, 2.24) is 19.4 Å². The van der Waals surface area contributed by atoms with Crippen LogP contribution in [0.3, 0.4) is 0 Å². The Balaban J connectivity index is 1.69. The number of anilines is 1. The van der Waals surface area contributed by atoms with Gasteiger partial charge in [-0.3, -0.25) is 4.79 Å². The van der Waals surface area contributed by atoms with Crippen molar-refractivity contribution in [2.45, 2.75) is 33.2 Å². The van der Waals surface area contributed by atoms with E-state index >= 15 is 0 Å². The zero-order valence-electron chi connectivity index (χ0n) is 13.9. The summed E-state index contributed by atoms with van der Waals surface area (Å²) in [5, 5.41) is 3.82. The molecule has 2 aromatic rings. The number of nitrogens with zero attached hydrogens (tertiary/aromatic N) is 4. The van der Waals surface area contributed by atoms with E-state index in [0.717, 1.165) is 54.0 Å². The fraction of sp³-hybridized carbons (Fsp3) is 0.562. The summed E-state index contributed by atoms with van der Waals surface area (Å²) in [6.45, 7) is 6.50. The lowest BCUT2D eigenvalue weighted by atomic mass is 9.97. The van der Waals surface area contributed by atoms with Gasteiger partial charge in [0.1, 0.15) is 10.7 Å². The summed E-state index contributed by atoms with van der Waals surface area (Å²) < 4.78 is 2.18. The third-order valence-corrected chi connectivity index (χ3v) is 5.55. The van der Waals surface area contributed by atoms with Crippen molar-refractivity contribution in [3.63, 3.8) is 0 Å². The van der Waals surface area contributed by atoms with Crippen LogP contribution in [0.4, 0.5) is 5.13 Å². The molecule has 1 saturated heterocycles. The van der Waals surface area contributed by atoms with Gasteiger partial charge in [0.2, 0.25) is 0 Å². The second kappa shape index (κ2) is 6.70. The Bertz CT molecular complexity index is 692. The second-order valence-electron chi connectivity index (χ2n) is 6.07. The SMILES string of the molecule is CNc1nc(C)c(C(=O)N2CCC[C@H](Cn3ccnc3C)C2)s1. The number of piperidine rings is 1. The second-order valence-corrected chi connectivity index (χ2v) is 7.07. The molecular formula is C16H23N5OS. The minimum atomic E-state index is 0.119. The van der Waals surface area contributed by atoms with Gasteiger partial charge in [-0.15, -0.1) is 0 Å². The first-order valence-corrected chi connectivity index (χ1v) is 8.82. The number of aromatic nitrogens is 3. The minimum absolute atomic E-state index is 0.119. The highest BCUT2D eigenvalue weighted by atomic mass is 32.1. The highest BCUT2D eigenvalue weighted by Crippen LogP contribution is 2.26. The van der Waals surface area contributed by atoms with Crippen molar-refractivity contribution in [1.29, 1.82) is 0 Å². The molecule has 124 valence electrons. The molecule has 1 atom stereocenters. The number of rotatable bonds is 4. The molecular weight excluding hydrogens is 310 g/mol. The summed E-state index contributed by atoms with van der Waals surface area (Å²) in [6.07, 6.45) is 6.06. The number of carbonyl (C=O) groups excluding carboxylic acids is 1. The van der Waals surface area contributed by atoms with Crippen molar-refractivity contribution in [3.05, 3.63) is 28.8 Å². The van der Waals surface area contributed by atoms with Gasteiger partial charge in [-0.1, -0.05) is 11.3 Å². The molecule has 2 aromatic heterocycles. The molecule has 1 amide bonds. The van der Waals surface area contributed by atoms with E-state index in [1.807, 2.05) is 38.2 Å². The van der Waals surface area contributed by atoms with E-state index in [4.69, 9.17) is 0 Å². The van der Waals surface area contributed by atoms with Crippen LogP contribution in [0.25, 0.3) is 0 Å². The van der Waals surface area contributed by atoms with Crippen LogP contribution in [0, 0.1) is 19.8 Å². The molecule has 6 nitrogen and oxygen atoms in total. The van der Waals surface area contributed by atoms with Gasteiger partial charge in [-0.2, -0.15) is 0 Å². The Kier molecular flexibility index (Phi) is 4.66. The first-order chi connectivity index (χ1) is 11.1. The molecule has 0 saturated carbocycles. The molecule has 0 aromatic carbocycles. The van der Waals surface area contributed by atoms with Crippen LogP contribution in [-0.4, -0.2) is 45.5 Å². The predicted octanol–water partition coefficient (Wildman–Crippen LogP) is 2.55. The quantitative estimate of drug-likeness (QED) is 0.934. The predicted molar refractivity (Wildman–Crippen MR) is 92.0 cm³/mol. The van der Waals surface area contributed by atoms with E-state index in [9.17, 15) is 4.79 Å². The highest BCUT2D eigenvalue weighted by molar-refractivity contribution is 7.17. The average molecular weight is 333 g/mol. The standard InChI is InChI=1S/C16H23N5OS/c1-11-14(23-16(17-3)19-11)15(22)21-7-4-5-13(10-21)9-20-8-6-18-12(20)2/h6,8,13H,4-5,7,9-10H2,1-3H3,(H,17,19)/t13-/m1/s1. The van der Waals surface area contributed by atoms with Crippen molar-refractivity contribution in [3.8, 4) is 0 Å². The third-order valence-electron chi connectivity index (χ3n) is 4.39. The van der Waals surface area contributed by atoms with E-state index in [1.54, 1.807) is 0 Å². The molecule has 7 heteroatoms. The Hall–Kier alpha value is -1.89. The summed E-state index contributed by atoms with van der Waals surface area (Å²) >= 11 is 1.44. The summed E-state index contributed by atoms with van der Waals surface area (Å²) in [4.78, 5) is 24.2. The van der Waals surface area contributed by atoms with Gasteiger partial charge in [-0.05, 0) is 32.6 Å². The lowest BCUT2D eigenvalue weighted by Gasteiger charge is -2.33. The van der Waals surface area contributed by atoms with Gasteiger partial charge in [-0.25, -0.2) is 9.97 Å². The highest BCUT2D eigenvalue weighted by Gasteiger charge is 2.27. The number of nitrogens with one attached hydrogen (secondary N) is 1. The number of carbonyl (C=O) groups is 1. The number of hydrogen-bond donors (Lipinski definition) is 1. The first-order valence-electron chi connectivity index (χ1n) is 8.00. The number of thiazole rings is 1. The van der Waals surface area contributed by atoms with Gasteiger partial charge in [0.05, 0.1) is 5.69 Å². The Morgan fingerprint density at radius 1 is 1.48 bits per heavy atom. The normalized spacial score (nSPS) is 18.2. The molecule has 0 spiro atoms.